The molecule has 0 spiro atoms. The van der Waals surface area contributed by atoms with Gasteiger partial charge in [-0.2, -0.15) is 13.2 Å². The molecule has 1 aliphatic heterocycles. The van der Waals surface area contributed by atoms with Crippen LogP contribution in [0.1, 0.15) is 39.5 Å². The van der Waals surface area contributed by atoms with Gasteiger partial charge in [-0.15, -0.1) is 0 Å². The molecule has 0 unspecified atom stereocenters. The topological polar surface area (TPSA) is 36.4 Å². The molecule has 2 aromatic carbocycles. The van der Waals surface area contributed by atoms with Crippen LogP contribution in [-0.2, 0) is 12.6 Å². The Bertz CT molecular complexity index is 1140. The van der Waals surface area contributed by atoms with Gasteiger partial charge in [0.1, 0.15) is 5.82 Å². The molecule has 3 aromatic rings. The van der Waals surface area contributed by atoms with Crippen LogP contribution in [0.5, 0.6) is 0 Å². The Kier molecular flexibility index (Phi) is 5.27. The van der Waals surface area contributed by atoms with Crippen molar-refractivity contribution in [3.05, 3.63) is 94.7 Å². The molecule has 4 nitrogen and oxygen atoms in total. The highest BCUT2D eigenvalue weighted by Crippen LogP contribution is 2.40. The summed E-state index contributed by atoms with van der Waals surface area (Å²) in [5.41, 5.74) is 1.95. The van der Waals surface area contributed by atoms with Crippen LogP contribution >= 0.6 is 0 Å². The van der Waals surface area contributed by atoms with E-state index in [1.807, 2.05) is 31.2 Å². The van der Waals surface area contributed by atoms with E-state index in [4.69, 9.17) is 0 Å². The first-order valence-electron chi connectivity index (χ1n) is 9.81. The molecule has 2 heterocycles. The predicted molar refractivity (Wildman–Crippen MR) is 114 cm³/mol. The van der Waals surface area contributed by atoms with Crippen LogP contribution in [0.2, 0.25) is 0 Å². The summed E-state index contributed by atoms with van der Waals surface area (Å²) >= 11 is 0. The van der Waals surface area contributed by atoms with Crippen LogP contribution in [0.4, 0.5) is 19.0 Å². The van der Waals surface area contributed by atoms with E-state index >= 15 is 0 Å². The number of rotatable bonds is 4. The predicted octanol–water partition coefficient (Wildman–Crippen LogP) is 5.67. The van der Waals surface area contributed by atoms with E-state index in [2.05, 4.69) is 4.98 Å². The first-order chi connectivity index (χ1) is 14.8. The van der Waals surface area contributed by atoms with Gasteiger partial charge in [-0.25, -0.2) is 9.99 Å². The van der Waals surface area contributed by atoms with Crippen molar-refractivity contribution < 1.29 is 18.0 Å². The van der Waals surface area contributed by atoms with Crippen molar-refractivity contribution in [1.82, 2.24) is 9.99 Å². The maximum Gasteiger partial charge on any atom is 0.416 e. The van der Waals surface area contributed by atoms with Gasteiger partial charge in [-0.05, 0) is 54.0 Å². The van der Waals surface area contributed by atoms with Crippen molar-refractivity contribution >= 4 is 23.5 Å². The first kappa shape index (κ1) is 20.7. The van der Waals surface area contributed by atoms with E-state index in [-0.39, 0.29) is 11.1 Å². The van der Waals surface area contributed by atoms with Gasteiger partial charge in [0.2, 0.25) is 0 Å². The summed E-state index contributed by atoms with van der Waals surface area (Å²) in [6, 6.07) is 16.2. The number of anilines is 1. The summed E-state index contributed by atoms with van der Waals surface area (Å²) in [5.74, 6) is 0.0836. The molecule has 0 bridgehead atoms. The second kappa shape index (κ2) is 7.91. The highest BCUT2D eigenvalue weighted by atomic mass is 19.4. The number of benzene rings is 2. The summed E-state index contributed by atoms with van der Waals surface area (Å²) < 4.78 is 40.1. The molecule has 0 saturated carbocycles. The van der Waals surface area contributed by atoms with Gasteiger partial charge in [0.05, 0.1) is 16.8 Å². The number of hydrogen-bond acceptors (Lipinski definition) is 3. The molecule has 0 saturated heterocycles. The summed E-state index contributed by atoms with van der Waals surface area (Å²) in [5, 5.41) is 2.91. The molecule has 31 heavy (non-hydrogen) atoms. The second-order valence-corrected chi connectivity index (χ2v) is 7.21. The molecule has 7 heteroatoms. The van der Waals surface area contributed by atoms with Gasteiger partial charge < -0.3 is 0 Å². The number of hydrazine groups is 1. The first-order valence-corrected chi connectivity index (χ1v) is 9.81. The number of carbonyl (C=O) groups is 1. The van der Waals surface area contributed by atoms with Crippen molar-refractivity contribution in [2.24, 2.45) is 0 Å². The third-order valence-corrected chi connectivity index (χ3v) is 5.25. The number of aryl methyl sites for hydroxylation is 1. The lowest BCUT2D eigenvalue weighted by Crippen LogP contribution is -2.39. The fourth-order valence-corrected chi connectivity index (χ4v) is 3.55. The number of fused-ring (bicyclic) bond motifs is 1. The Hall–Kier alpha value is -3.61. The van der Waals surface area contributed by atoms with Crippen molar-refractivity contribution in [2.75, 3.05) is 12.1 Å². The Morgan fingerprint density at radius 1 is 1.03 bits per heavy atom. The molecular formula is C24H20F3N3O. The maximum atomic E-state index is 13.4. The average Bonchev–Trinajstić information content (AvgIpc) is 3.05. The second-order valence-electron chi connectivity index (χ2n) is 7.21. The summed E-state index contributed by atoms with van der Waals surface area (Å²) in [7, 11) is 1.66. The Morgan fingerprint density at radius 3 is 2.39 bits per heavy atom. The van der Waals surface area contributed by atoms with Gasteiger partial charge in [-0.3, -0.25) is 9.80 Å². The third kappa shape index (κ3) is 3.91. The SMILES string of the molecule is CCc1ccc(C=C2c3cc(C(F)(F)F)ccc3C(=O)N2N(C)c2ccccn2)cc1. The zero-order valence-corrected chi connectivity index (χ0v) is 17.0. The lowest BCUT2D eigenvalue weighted by atomic mass is 10.0. The number of alkyl halides is 3. The Morgan fingerprint density at radius 2 is 1.77 bits per heavy atom. The van der Waals surface area contributed by atoms with E-state index < -0.39 is 17.6 Å². The summed E-state index contributed by atoms with van der Waals surface area (Å²) in [6.07, 6.45) is -0.315. The van der Waals surface area contributed by atoms with Crippen LogP contribution in [0.25, 0.3) is 11.8 Å². The van der Waals surface area contributed by atoms with E-state index in [0.29, 0.717) is 11.5 Å². The maximum absolute atomic E-state index is 13.4. The number of hydrogen-bond donors (Lipinski definition) is 0. The van der Waals surface area contributed by atoms with Crippen LogP contribution in [0.3, 0.4) is 0 Å². The van der Waals surface area contributed by atoms with Crippen molar-refractivity contribution in [3.63, 3.8) is 0 Å². The van der Waals surface area contributed by atoms with Gasteiger partial charge in [0.25, 0.3) is 5.91 Å². The lowest BCUT2D eigenvalue weighted by Gasteiger charge is -2.30. The molecule has 1 amide bonds. The minimum absolute atomic E-state index is 0.215. The molecule has 0 N–H and O–H groups in total. The standard InChI is InChI=1S/C24H20F3N3O/c1-3-16-7-9-17(10-8-16)14-21-20-15-18(24(25,26)27)11-12-19(20)23(31)30(21)29(2)22-6-4-5-13-28-22/h4-15H,3H2,1-2H3. The van der Waals surface area contributed by atoms with Gasteiger partial charge in [0.15, 0.2) is 0 Å². The van der Waals surface area contributed by atoms with Crippen molar-refractivity contribution in [1.29, 1.82) is 0 Å². The Balaban J connectivity index is 1.87. The van der Waals surface area contributed by atoms with Crippen molar-refractivity contribution in [2.45, 2.75) is 19.5 Å². The van der Waals surface area contributed by atoms with E-state index in [1.165, 1.54) is 11.1 Å². The summed E-state index contributed by atoms with van der Waals surface area (Å²) in [6.45, 7) is 2.04. The fraction of sp³-hybridized carbons (Fsp3) is 0.167. The Labute approximate surface area is 178 Å². The molecule has 1 aliphatic rings. The number of halogens is 3. The van der Waals surface area contributed by atoms with Crippen LogP contribution in [0, 0.1) is 0 Å². The molecule has 158 valence electrons. The van der Waals surface area contributed by atoms with E-state index in [0.717, 1.165) is 29.7 Å². The number of nitrogens with zero attached hydrogens (tertiary/aromatic N) is 3. The van der Waals surface area contributed by atoms with E-state index in [1.54, 1.807) is 42.5 Å². The highest BCUT2D eigenvalue weighted by molar-refractivity contribution is 6.12. The number of aromatic nitrogens is 1. The van der Waals surface area contributed by atoms with Crippen molar-refractivity contribution in [3.8, 4) is 0 Å². The minimum Gasteiger partial charge on any atom is -0.267 e. The molecular weight excluding hydrogens is 403 g/mol. The zero-order chi connectivity index (χ0) is 22.2. The number of pyridine rings is 1. The molecule has 0 aliphatic carbocycles. The minimum atomic E-state index is -4.51. The highest BCUT2D eigenvalue weighted by Gasteiger charge is 2.39. The summed E-state index contributed by atoms with van der Waals surface area (Å²) in [4.78, 5) is 17.5. The van der Waals surface area contributed by atoms with Crippen LogP contribution in [0.15, 0.2) is 66.9 Å². The average molecular weight is 423 g/mol. The number of carbonyl (C=O) groups excluding carboxylic acids is 1. The molecule has 0 fully saturated rings. The quantitative estimate of drug-likeness (QED) is 0.543. The van der Waals surface area contributed by atoms with Gasteiger partial charge in [0, 0.05) is 18.8 Å². The number of amides is 1. The largest absolute Gasteiger partial charge is 0.416 e. The van der Waals surface area contributed by atoms with Gasteiger partial charge in [-0.1, -0.05) is 37.3 Å². The monoisotopic (exact) mass is 423 g/mol. The molecule has 0 atom stereocenters. The molecule has 1 aromatic heterocycles. The fourth-order valence-electron chi connectivity index (χ4n) is 3.55. The van der Waals surface area contributed by atoms with E-state index in [9.17, 15) is 18.0 Å². The van der Waals surface area contributed by atoms with Crippen LogP contribution in [-0.4, -0.2) is 22.9 Å². The zero-order valence-electron chi connectivity index (χ0n) is 17.0. The molecule has 4 rings (SSSR count). The van der Waals surface area contributed by atoms with Crippen LogP contribution < -0.4 is 5.01 Å². The lowest BCUT2D eigenvalue weighted by molar-refractivity contribution is -0.137. The smallest absolute Gasteiger partial charge is 0.267 e. The molecule has 0 radical (unpaired) electrons. The third-order valence-electron chi connectivity index (χ3n) is 5.25. The van der Waals surface area contributed by atoms with Gasteiger partial charge >= 0.3 is 6.18 Å². The normalized spacial score (nSPS) is 14.8.